The van der Waals surface area contributed by atoms with Crippen LogP contribution in [0, 0.1) is 13.8 Å². The van der Waals surface area contributed by atoms with Crippen LogP contribution < -0.4 is 5.32 Å². The SMILES string of the molecule is CSc1nc(C)c(CCC(=O)Nc2ccc(C(C)C)cc2)c(C)n1. The van der Waals surface area contributed by atoms with Gasteiger partial charge in [-0.15, -0.1) is 0 Å². The predicted octanol–water partition coefficient (Wildman–Crippen LogP) is 4.51. The van der Waals surface area contributed by atoms with E-state index in [0.29, 0.717) is 18.8 Å². The van der Waals surface area contributed by atoms with Gasteiger partial charge in [0.2, 0.25) is 5.91 Å². The first-order chi connectivity index (χ1) is 11.4. The standard InChI is InChI=1S/C19H25N3OS/c1-12(2)15-6-8-16(9-7-15)22-18(23)11-10-17-13(3)20-19(24-5)21-14(17)4/h6-9,12H,10-11H2,1-5H3,(H,22,23). The molecule has 1 N–H and O–H groups in total. The van der Waals surface area contributed by atoms with Gasteiger partial charge in [0.1, 0.15) is 0 Å². The zero-order chi connectivity index (χ0) is 17.7. The van der Waals surface area contributed by atoms with Crippen LogP contribution in [0.25, 0.3) is 0 Å². The fourth-order valence-electron chi connectivity index (χ4n) is 2.58. The lowest BCUT2D eigenvalue weighted by atomic mass is 10.0. The highest BCUT2D eigenvalue weighted by molar-refractivity contribution is 7.98. The summed E-state index contributed by atoms with van der Waals surface area (Å²) in [6, 6.07) is 8.04. The highest BCUT2D eigenvalue weighted by Gasteiger charge is 2.11. The summed E-state index contributed by atoms with van der Waals surface area (Å²) in [5, 5.41) is 3.74. The number of nitrogens with one attached hydrogen (secondary N) is 1. The van der Waals surface area contributed by atoms with Crippen molar-refractivity contribution in [1.29, 1.82) is 0 Å². The second-order valence-corrected chi connectivity index (χ2v) is 6.96. The number of rotatable bonds is 6. The lowest BCUT2D eigenvalue weighted by Gasteiger charge is -2.11. The van der Waals surface area contributed by atoms with Crippen LogP contribution in [0.15, 0.2) is 29.4 Å². The molecule has 4 nitrogen and oxygen atoms in total. The summed E-state index contributed by atoms with van der Waals surface area (Å²) < 4.78 is 0. The van der Waals surface area contributed by atoms with E-state index in [9.17, 15) is 4.79 Å². The van der Waals surface area contributed by atoms with Crippen molar-refractivity contribution in [1.82, 2.24) is 9.97 Å². The Morgan fingerprint density at radius 1 is 1.12 bits per heavy atom. The predicted molar refractivity (Wildman–Crippen MR) is 101 cm³/mol. The molecule has 2 rings (SSSR count). The number of aryl methyl sites for hydroxylation is 2. The summed E-state index contributed by atoms with van der Waals surface area (Å²) in [6.45, 7) is 8.27. The van der Waals surface area contributed by atoms with Crippen LogP contribution in [0.3, 0.4) is 0 Å². The second-order valence-electron chi connectivity index (χ2n) is 6.18. The molecule has 0 aliphatic carbocycles. The molecule has 128 valence electrons. The van der Waals surface area contributed by atoms with E-state index in [-0.39, 0.29) is 5.91 Å². The number of hydrogen-bond acceptors (Lipinski definition) is 4. The quantitative estimate of drug-likeness (QED) is 0.619. The summed E-state index contributed by atoms with van der Waals surface area (Å²) in [4.78, 5) is 21.1. The highest BCUT2D eigenvalue weighted by Crippen LogP contribution is 2.19. The van der Waals surface area contributed by atoms with Gasteiger partial charge in [-0.05, 0) is 55.7 Å². The number of thioether (sulfide) groups is 1. The molecule has 0 bridgehead atoms. The van der Waals surface area contributed by atoms with E-state index in [1.54, 1.807) is 0 Å². The fourth-order valence-corrected chi connectivity index (χ4v) is 3.03. The van der Waals surface area contributed by atoms with Gasteiger partial charge in [0, 0.05) is 23.5 Å². The lowest BCUT2D eigenvalue weighted by molar-refractivity contribution is -0.116. The van der Waals surface area contributed by atoms with E-state index in [1.165, 1.54) is 17.3 Å². The van der Waals surface area contributed by atoms with Gasteiger partial charge in [-0.3, -0.25) is 4.79 Å². The Morgan fingerprint density at radius 2 is 1.71 bits per heavy atom. The maximum atomic E-state index is 12.2. The second kappa shape index (κ2) is 8.29. The van der Waals surface area contributed by atoms with Crippen LogP contribution in [-0.4, -0.2) is 22.1 Å². The van der Waals surface area contributed by atoms with Crippen molar-refractivity contribution < 1.29 is 4.79 Å². The molecule has 2 aromatic rings. The number of nitrogens with zero attached hydrogens (tertiary/aromatic N) is 2. The minimum atomic E-state index is 0.0139. The summed E-state index contributed by atoms with van der Waals surface area (Å²) in [5.74, 6) is 0.505. The molecule has 5 heteroatoms. The third-order valence-electron chi connectivity index (χ3n) is 4.05. The van der Waals surface area contributed by atoms with Crippen molar-refractivity contribution in [2.45, 2.75) is 51.6 Å². The number of aromatic nitrogens is 2. The maximum absolute atomic E-state index is 12.2. The molecule has 1 aromatic heterocycles. The van der Waals surface area contributed by atoms with E-state index in [1.807, 2.05) is 32.2 Å². The zero-order valence-electron chi connectivity index (χ0n) is 15.0. The first kappa shape index (κ1) is 18.5. The molecule has 0 saturated heterocycles. The van der Waals surface area contributed by atoms with Gasteiger partial charge in [0.25, 0.3) is 0 Å². The topological polar surface area (TPSA) is 54.9 Å². The minimum Gasteiger partial charge on any atom is -0.326 e. The Hall–Kier alpha value is -1.88. The molecule has 0 unspecified atom stereocenters. The van der Waals surface area contributed by atoms with Crippen LogP contribution >= 0.6 is 11.8 Å². The monoisotopic (exact) mass is 343 g/mol. The molecule has 0 aliphatic rings. The van der Waals surface area contributed by atoms with Gasteiger partial charge in [-0.25, -0.2) is 9.97 Å². The number of hydrogen-bond donors (Lipinski definition) is 1. The van der Waals surface area contributed by atoms with Gasteiger partial charge >= 0.3 is 0 Å². The molecule has 0 atom stereocenters. The summed E-state index contributed by atoms with van der Waals surface area (Å²) in [7, 11) is 0. The summed E-state index contributed by atoms with van der Waals surface area (Å²) >= 11 is 1.53. The third kappa shape index (κ3) is 4.81. The van der Waals surface area contributed by atoms with Gasteiger partial charge < -0.3 is 5.32 Å². The smallest absolute Gasteiger partial charge is 0.224 e. The van der Waals surface area contributed by atoms with Crippen molar-refractivity contribution in [3.8, 4) is 0 Å². The molecule has 0 spiro atoms. The average molecular weight is 343 g/mol. The van der Waals surface area contributed by atoms with Crippen molar-refractivity contribution in [2.75, 3.05) is 11.6 Å². The van der Waals surface area contributed by atoms with Crippen LogP contribution in [0.5, 0.6) is 0 Å². The molecule has 1 aromatic carbocycles. The number of anilines is 1. The third-order valence-corrected chi connectivity index (χ3v) is 4.59. The van der Waals surface area contributed by atoms with Crippen LogP contribution in [0.4, 0.5) is 5.69 Å². The Kier molecular flexibility index (Phi) is 6.37. The first-order valence-corrected chi connectivity index (χ1v) is 9.41. The molecular formula is C19H25N3OS. The molecule has 0 aliphatic heterocycles. The Balaban J connectivity index is 1.96. The number of carbonyl (C=O) groups is 1. The van der Waals surface area contributed by atoms with Gasteiger partial charge in [0.15, 0.2) is 5.16 Å². The largest absolute Gasteiger partial charge is 0.326 e. The van der Waals surface area contributed by atoms with Gasteiger partial charge in [0.05, 0.1) is 0 Å². The summed E-state index contributed by atoms with van der Waals surface area (Å²) in [5.41, 5.74) is 5.09. The van der Waals surface area contributed by atoms with E-state index in [0.717, 1.165) is 27.8 Å². The van der Waals surface area contributed by atoms with E-state index < -0.39 is 0 Å². The maximum Gasteiger partial charge on any atom is 0.224 e. The van der Waals surface area contributed by atoms with E-state index in [4.69, 9.17) is 0 Å². The Bertz CT molecular complexity index is 688. The summed E-state index contributed by atoms with van der Waals surface area (Å²) in [6.07, 6.45) is 3.05. The van der Waals surface area contributed by atoms with Crippen molar-refractivity contribution in [2.24, 2.45) is 0 Å². The van der Waals surface area contributed by atoms with Crippen molar-refractivity contribution >= 4 is 23.4 Å². The van der Waals surface area contributed by atoms with Crippen molar-refractivity contribution in [3.05, 3.63) is 46.8 Å². The first-order valence-electron chi connectivity index (χ1n) is 8.18. The molecule has 1 amide bonds. The van der Waals surface area contributed by atoms with E-state index >= 15 is 0 Å². The number of benzene rings is 1. The molecule has 1 heterocycles. The zero-order valence-corrected chi connectivity index (χ0v) is 15.8. The van der Waals surface area contributed by atoms with Gasteiger partial charge in [-0.1, -0.05) is 37.7 Å². The number of amides is 1. The lowest BCUT2D eigenvalue weighted by Crippen LogP contribution is -2.13. The average Bonchev–Trinajstić information content (AvgIpc) is 2.54. The molecule has 0 saturated carbocycles. The molecule has 0 fully saturated rings. The van der Waals surface area contributed by atoms with Crippen LogP contribution in [-0.2, 0) is 11.2 Å². The highest BCUT2D eigenvalue weighted by atomic mass is 32.2. The molecule has 0 radical (unpaired) electrons. The number of carbonyl (C=O) groups excluding carboxylic acids is 1. The normalized spacial score (nSPS) is 10.9. The minimum absolute atomic E-state index is 0.0139. The fraction of sp³-hybridized carbons (Fsp3) is 0.421. The van der Waals surface area contributed by atoms with Gasteiger partial charge in [-0.2, -0.15) is 0 Å². The molecule has 24 heavy (non-hydrogen) atoms. The van der Waals surface area contributed by atoms with E-state index in [2.05, 4.69) is 41.3 Å². The Morgan fingerprint density at radius 3 is 2.21 bits per heavy atom. The van der Waals surface area contributed by atoms with Crippen molar-refractivity contribution in [3.63, 3.8) is 0 Å². The van der Waals surface area contributed by atoms with Crippen LogP contribution in [0.2, 0.25) is 0 Å². The molecular weight excluding hydrogens is 318 g/mol. The van der Waals surface area contributed by atoms with Crippen LogP contribution in [0.1, 0.15) is 48.7 Å². The Labute approximate surface area is 148 Å².